The van der Waals surface area contributed by atoms with Crippen LogP contribution in [0.25, 0.3) is 0 Å². The van der Waals surface area contributed by atoms with E-state index < -0.39 is 0 Å². The number of fused-ring (bicyclic) bond motifs is 2. The molecule has 1 aliphatic carbocycles. The van der Waals surface area contributed by atoms with Crippen molar-refractivity contribution in [1.82, 2.24) is 5.32 Å². The molecule has 3 N–H and O–H groups in total. The van der Waals surface area contributed by atoms with Gasteiger partial charge in [-0.1, -0.05) is 0 Å². The lowest BCUT2D eigenvalue weighted by Crippen LogP contribution is -3.22. The van der Waals surface area contributed by atoms with Crippen LogP contribution in [0.2, 0.25) is 0 Å². The van der Waals surface area contributed by atoms with E-state index in [1.165, 1.54) is 44.9 Å². The highest BCUT2D eigenvalue weighted by Crippen LogP contribution is 2.27. The summed E-state index contributed by atoms with van der Waals surface area (Å²) in [6.45, 7) is 0. The van der Waals surface area contributed by atoms with Crippen molar-refractivity contribution in [3.8, 4) is 5.75 Å². The SMILES string of the molecule is COc1ccc(NC(=S)NC2C[C@H]3CCC[C@@H](C2)[NH+]3C2CC2)cc1. The number of thiocarbonyl (C=S) groups is 1. The Hall–Kier alpha value is -1.33. The Balaban J connectivity index is 1.32. The molecule has 1 aromatic carbocycles. The molecule has 2 saturated heterocycles. The lowest BCUT2D eigenvalue weighted by molar-refractivity contribution is -0.971. The molecule has 1 aromatic rings. The molecule has 0 aromatic heterocycles. The number of rotatable bonds is 4. The van der Waals surface area contributed by atoms with Gasteiger partial charge < -0.3 is 20.3 Å². The van der Waals surface area contributed by atoms with Gasteiger partial charge in [0.25, 0.3) is 0 Å². The highest BCUT2D eigenvalue weighted by Gasteiger charge is 2.48. The number of methoxy groups -OCH3 is 1. The van der Waals surface area contributed by atoms with Crippen LogP contribution in [0.3, 0.4) is 0 Å². The van der Waals surface area contributed by atoms with Gasteiger partial charge in [0.2, 0.25) is 0 Å². The second-order valence-electron chi connectivity index (χ2n) is 7.59. The van der Waals surface area contributed by atoms with E-state index >= 15 is 0 Å². The number of hydrogen-bond acceptors (Lipinski definition) is 2. The summed E-state index contributed by atoms with van der Waals surface area (Å²) in [6, 6.07) is 11.1. The summed E-state index contributed by atoms with van der Waals surface area (Å²) in [7, 11) is 1.68. The molecule has 130 valence electrons. The first-order valence-corrected chi connectivity index (χ1v) is 9.72. The standard InChI is InChI=1S/C19H27N3OS/c1-23-18-9-5-13(6-10-18)20-19(24)21-14-11-16-3-2-4-17(12-14)22(16)15-7-8-15/h5-6,9-10,14-17H,2-4,7-8,11-12H2,1H3,(H2,20,21,24)/p+1/t14?,16-,17+. The Kier molecular flexibility index (Phi) is 4.63. The second kappa shape index (κ2) is 6.89. The van der Waals surface area contributed by atoms with Gasteiger partial charge in [-0.25, -0.2) is 0 Å². The van der Waals surface area contributed by atoms with E-state index in [0.717, 1.165) is 34.7 Å². The van der Waals surface area contributed by atoms with Crippen LogP contribution in [0.1, 0.15) is 44.9 Å². The third-order valence-electron chi connectivity index (χ3n) is 5.92. The van der Waals surface area contributed by atoms with Crippen molar-refractivity contribution in [2.75, 3.05) is 12.4 Å². The largest absolute Gasteiger partial charge is 0.497 e. The molecule has 5 heteroatoms. The summed E-state index contributed by atoms with van der Waals surface area (Å²) in [5, 5.41) is 7.64. The molecular formula is C19H28N3OS+. The minimum atomic E-state index is 0.529. The van der Waals surface area contributed by atoms with Crippen molar-refractivity contribution < 1.29 is 9.64 Å². The van der Waals surface area contributed by atoms with E-state index in [1.54, 1.807) is 7.11 Å². The fourth-order valence-electron chi connectivity index (χ4n) is 4.80. The van der Waals surface area contributed by atoms with Crippen LogP contribution >= 0.6 is 12.2 Å². The molecule has 0 amide bonds. The predicted molar refractivity (Wildman–Crippen MR) is 101 cm³/mol. The zero-order valence-electron chi connectivity index (χ0n) is 14.4. The van der Waals surface area contributed by atoms with E-state index in [9.17, 15) is 0 Å². The van der Waals surface area contributed by atoms with Gasteiger partial charge in [0.05, 0.1) is 25.2 Å². The summed E-state index contributed by atoms with van der Waals surface area (Å²) < 4.78 is 5.19. The molecule has 0 radical (unpaired) electrons. The van der Waals surface area contributed by atoms with Gasteiger partial charge in [-0.15, -0.1) is 0 Å². The Morgan fingerprint density at radius 1 is 1.04 bits per heavy atom. The zero-order valence-corrected chi connectivity index (χ0v) is 15.2. The quantitative estimate of drug-likeness (QED) is 0.730. The molecule has 4 atom stereocenters. The lowest BCUT2D eigenvalue weighted by Gasteiger charge is -2.46. The van der Waals surface area contributed by atoms with Crippen LogP contribution in [-0.4, -0.2) is 36.4 Å². The smallest absolute Gasteiger partial charge is 0.171 e. The minimum Gasteiger partial charge on any atom is -0.497 e. The van der Waals surface area contributed by atoms with Crippen LogP contribution in [0.5, 0.6) is 5.75 Å². The summed E-state index contributed by atoms with van der Waals surface area (Å²) in [4.78, 5) is 1.94. The molecule has 2 aliphatic heterocycles. The number of ether oxygens (including phenoxy) is 1. The zero-order chi connectivity index (χ0) is 16.5. The van der Waals surface area contributed by atoms with Gasteiger partial charge in [0, 0.05) is 37.4 Å². The van der Waals surface area contributed by atoms with Crippen molar-refractivity contribution >= 4 is 23.0 Å². The molecule has 2 bridgehead atoms. The summed E-state index contributed by atoms with van der Waals surface area (Å²) in [5.74, 6) is 0.864. The molecule has 0 spiro atoms. The predicted octanol–water partition coefficient (Wildman–Crippen LogP) is 2.11. The Morgan fingerprint density at radius 3 is 2.29 bits per heavy atom. The Labute approximate surface area is 149 Å². The minimum absolute atomic E-state index is 0.529. The molecular weight excluding hydrogens is 318 g/mol. The molecule has 4 nitrogen and oxygen atoms in total. The fraction of sp³-hybridized carbons (Fsp3) is 0.632. The third kappa shape index (κ3) is 3.52. The van der Waals surface area contributed by atoms with E-state index in [2.05, 4.69) is 10.6 Å². The van der Waals surface area contributed by atoms with Crippen molar-refractivity contribution in [3.63, 3.8) is 0 Å². The summed E-state index contributed by atoms with van der Waals surface area (Å²) in [6.07, 6.45) is 9.68. The van der Waals surface area contributed by atoms with Gasteiger partial charge in [0.15, 0.2) is 5.11 Å². The third-order valence-corrected chi connectivity index (χ3v) is 6.14. The molecule has 2 unspecified atom stereocenters. The number of benzene rings is 1. The molecule has 24 heavy (non-hydrogen) atoms. The van der Waals surface area contributed by atoms with Gasteiger partial charge >= 0.3 is 0 Å². The van der Waals surface area contributed by atoms with Crippen LogP contribution in [-0.2, 0) is 0 Å². The van der Waals surface area contributed by atoms with Crippen LogP contribution in [0, 0.1) is 0 Å². The normalized spacial score (nSPS) is 32.0. The Bertz CT molecular complexity index is 573. The number of anilines is 1. The monoisotopic (exact) mass is 346 g/mol. The molecule has 3 fully saturated rings. The summed E-state index contributed by atoms with van der Waals surface area (Å²) in [5.41, 5.74) is 1.01. The average Bonchev–Trinajstić information content (AvgIpc) is 3.39. The van der Waals surface area contributed by atoms with Gasteiger partial charge in [0.1, 0.15) is 5.75 Å². The maximum Gasteiger partial charge on any atom is 0.171 e. The first kappa shape index (κ1) is 16.2. The second-order valence-corrected chi connectivity index (χ2v) is 8.00. The highest BCUT2D eigenvalue weighted by molar-refractivity contribution is 7.80. The van der Waals surface area contributed by atoms with Gasteiger partial charge in [-0.3, -0.25) is 0 Å². The number of nitrogens with one attached hydrogen (secondary N) is 3. The van der Waals surface area contributed by atoms with Crippen molar-refractivity contribution in [2.45, 2.75) is 69.1 Å². The number of quaternary nitrogens is 1. The molecule has 2 heterocycles. The number of hydrogen-bond donors (Lipinski definition) is 3. The van der Waals surface area contributed by atoms with E-state index in [-0.39, 0.29) is 0 Å². The topological polar surface area (TPSA) is 37.7 Å². The van der Waals surface area contributed by atoms with E-state index in [4.69, 9.17) is 17.0 Å². The lowest BCUT2D eigenvalue weighted by atomic mass is 9.81. The first-order chi connectivity index (χ1) is 11.7. The van der Waals surface area contributed by atoms with Gasteiger partial charge in [-0.2, -0.15) is 0 Å². The van der Waals surface area contributed by atoms with Crippen molar-refractivity contribution in [3.05, 3.63) is 24.3 Å². The Morgan fingerprint density at radius 2 is 1.71 bits per heavy atom. The first-order valence-electron chi connectivity index (χ1n) is 9.31. The maximum absolute atomic E-state index is 5.54. The van der Waals surface area contributed by atoms with Crippen LogP contribution in [0.4, 0.5) is 5.69 Å². The molecule has 1 saturated carbocycles. The fourth-order valence-corrected chi connectivity index (χ4v) is 5.08. The molecule has 4 rings (SSSR count). The van der Waals surface area contributed by atoms with Gasteiger partial charge in [-0.05, 0) is 55.7 Å². The number of piperidine rings is 2. The highest BCUT2D eigenvalue weighted by atomic mass is 32.1. The van der Waals surface area contributed by atoms with E-state index in [0.29, 0.717) is 6.04 Å². The molecule has 3 aliphatic rings. The maximum atomic E-state index is 5.54. The summed E-state index contributed by atoms with van der Waals surface area (Å²) >= 11 is 5.54. The van der Waals surface area contributed by atoms with E-state index in [1.807, 2.05) is 29.2 Å². The van der Waals surface area contributed by atoms with Crippen LogP contribution < -0.4 is 20.3 Å². The van der Waals surface area contributed by atoms with Crippen molar-refractivity contribution in [2.24, 2.45) is 0 Å². The van der Waals surface area contributed by atoms with Crippen molar-refractivity contribution in [1.29, 1.82) is 0 Å². The average molecular weight is 347 g/mol. The van der Waals surface area contributed by atoms with Crippen LogP contribution in [0.15, 0.2) is 24.3 Å².